The van der Waals surface area contributed by atoms with Gasteiger partial charge in [0.15, 0.2) is 17.4 Å². The average Bonchev–Trinajstić information content (AvgIpc) is 2.85. The number of benzene rings is 1. The molecule has 0 fully saturated rings. The molecule has 0 saturated heterocycles. The normalized spacial score (nSPS) is 14.1. The maximum Gasteiger partial charge on any atom is 0.171 e. The maximum absolute atomic E-state index is 13.6. The van der Waals surface area contributed by atoms with Crippen LogP contribution in [0.5, 0.6) is 5.75 Å². The predicted octanol–water partition coefficient (Wildman–Crippen LogP) is 2.05. The highest BCUT2D eigenvalue weighted by Crippen LogP contribution is 2.24. The molecule has 0 unspecified atom stereocenters. The highest BCUT2D eigenvalue weighted by molar-refractivity contribution is 5.44. The number of nitrogens with zero attached hydrogens (tertiary/aromatic N) is 3. The average molecular weight is 280 g/mol. The van der Waals surface area contributed by atoms with E-state index >= 15 is 0 Å². The molecular weight excluding hydrogens is 266 g/mol. The number of hydrogen-bond donors (Lipinski definition) is 1. The van der Waals surface area contributed by atoms with E-state index in [4.69, 9.17) is 10.5 Å². The van der Waals surface area contributed by atoms with Crippen molar-refractivity contribution in [2.75, 3.05) is 5.73 Å². The minimum absolute atomic E-state index is 0.0489. The summed E-state index contributed by atoms with van der Waals surface area (Å²) in [5, 5.41) is 8.10. The van der Waals surface area contributed by atoms with Gasteiger partial charge in [-0.05, 0) is 12.8 Å². The Morgan fingerprint density at radius 3 is 2.90 bits per heavy atom. The summed E-state index contributed by atoms with van der Waals surface area (Å²) in [6.07, 6.45) is 3.04. The monoisotopic (exact) mass is 280 g/mol. The molecule has 2 N–H and O–H groups in total. The molecule has 1 aromatic carbocycles. The van der Waals surface area contributed by atoms with E-state index in [-0.39, 0.29) is 18.0 Å². The van der Waals surface area contributed by atoms with Gasteiger partial charge in [-0.1, -0.05) is 0 Å². The molecule has 1 aliphatic rings. The zero-order chi connectivity index (χ0) is 14.1. The Morgan fingerprint density at radius 2 is 2.05 bits per heavy atom. The number of nitrogens with two attached hydrogens (primary N) is 1. The van der Waals surface area contributed by atoms with E-state index in [1.807, 2.05) is 4.57 Å². The van der Waals surface area contributed by atoms with Crippen molar-refractivity contribution >= 4 is 5.69 Å². The molecule has 2 aromatic rings. The molecule has 3 rings (SSSR count). The largest absolute Gasteiger partial charge is 0.482 e. The fourth-order valence-corrected chi connectivity index (χ4v) is 2.27. The fraction of sp³-hybridized carbons (Fsp3) is 0.385. The Kier molecular flexibility index (Phi) is 3.25. The predicted molar refractivity (Wildman–Crippen MR) is 68.1 cm³/mol. The van der Waals surface area contributed by atoms with Gasteiger partial charge in [-0.25, -0.2) is 8.78 Å². The van der Waals surface area contributed by atoms with Crippen LogP contribution in [0.4, 0.5) is 14.5 Å². The molecule has 20 heavy (non-hydrogen) atoms. The Labute approximate surface area is 114 Å². The van der Waals surface area contributed by atoms with Gasteiger partial charge in [-0.3, -0.25) is 0 Å². The second kappa shape index (κ2) is 5.07. The molecule has 0 atom stereocenters. The lowest BCUT2D eigenvalue weighted by molar-refractivity contribution is 0.271. The first kappa shape index (κ1) is 12.8. The van der Waals surface area contributed by atoms with E-state index in [1.165, 1.54) is 0 Å². The van der Waals surface area contributed by atoms with Crippen LogP contribution < -0.4 is 10.5 Å². The third-order valence-electron chi connectivity index (χ3n) is 3.34. The summed E-state index contributed by atoms with van der Waals surface area (Å²) in [7, 11) is 0. The van der Waals surface area contributed by atoms with Crippen molar-refractivity contribution < 1.29 is 13.5 Å². The first-order valence-corrected chi connectivity index (χ1v) is 6.43. The number of halogens is 2. The number of aryl methyl sites for hydroxylation is 1. The molecule has 0 spiro atoms. The van der Waals surface area contributed by atoms with Gasteiger partial charge in [-0.2, -0.15) is 0 Å². The highest BCUT2D eigenvalue weighted by Gasteiger charge is 2.17. The van der Waals surface area contributed by atoms with Crippen molar-refractivity contribution in [3.05, 3.63) is 35.4 Å². The van der Waals surface area contributed by atoms with Crippen molar-refractivity contribution in [3.8, 4) is 5.75 Å². The van der Waals surface area contributed by atoms with Gasteiger partial charge < -0.3 is 15.0 Å². The molecule has 5 nitrogen and oxygen atoms in total. The van der Waals surface area contributed by atoms with Crippen LogP contribution in [0.15, 0.2) is 12.1 Å². The minimum atomic E-state index is -0.704. The number of nitrogen functional groups attached to an aromatic ring is 1. The van der Waals surface area contributed by atoms with Crippen LogP contribution in [0.2, 0.25) is 0 Å². The summed E-state index contributed by atoms with van der Waals surface area (Å²) >= 11 is 0. The van der Waals surface area contributed by atoms with E-state index in [9.17, 15) is 8.78 Å². The molecule has 106 valence electrons. The molecule has 0 radical (unpaired) electrons. The zero-order valence-corrected chi connectivity index (χ0v) is 10.8. The van der Waals surface area contributed by atoms with Crippen molar-refractivity contribution in [1.29, 1.82) is 0 Å². The summed E-state index contributed by atoms with van der Waals surface area (Å²) in [6, 6.07) is 1.85. The fourth-order valence-electron chi connectivity index (χ4n) is 2.27. The van der Waals surface area contributed by atoms with Gasteiger partial charge >= 0.3 is 0 Å². The van der Waals surface area contributed by atoms with E-state index in [1.54, 1.807) is 0 Å². The second-order valence-corrected chi connectivity index (χ2v) is 4.73. The molecule has 2 heterocycles. The van der Waals surface area contributed by atoms with Gasteiger partial charge in [0.1, 0.15) is 18.2 Å². The van der Waals surface area contributed by atoms with Crippen LogP contribution in [0.3, 0.4) is 0 Å². The topological polar surface area (TPSA) is 66.0 Å². The standard InChI is InChI=1S/C13H14F2N4O/c14-8-6-11(9(15)5-10(8)16)20-7-13-18-17-12-3-1-2-4-19(12)13/h5-6H,1-4,7,16H2. The summed E-state index contributed by atoms with van der Waals surface area (Å²) in [5.74, 6) is -0.0352. The summed E-state index contributed by atoms with van der Waals surface area (Å²) in [5.41, 5.74) is 5.03. The summed E-state index contributed by atoms with van der Waals surface area (Å²) in [4.78, 5) is 0. The third kappa shape index (κ3) is 2.31. The van der Waals surface area contributed by atoms with Gasteiger partial charge in [0.25, 0.3) is 0 Å². The number of aromatic nitrogens is 3. The smallest absolute Gasteiger partial charge is 0.171 e. The molecule has 7 heteroatoms. The zero-order valence-electron chi connectivity index (χ0n) is 10.8. The van der Waals surface area contributed by atoms with E-state index < -0.39 is 11.6 Å². The highest BCUT2D eigenvalue weighted by atomic mass is 19.1. The molecule has 1 aromatic heterocycles. The number of hydrogen-bond acceptors (Lipinski definition) is 4. The summed E-state index contributed by atoms with van der Waals surface area (Å²) in [6.45, 7) is 0.882. The number of ether oxygens (including phenoxy) is 1. The van der Waals surface area contributed by atoms with Gasteiger partial charge in [-0.15, -0.1) is 10.2 Å². The summed E-state index contributed by atoms with van der Waals surface area (Å²) < 4.78 is 34.1. The molecule has 0 bridgehead atoms. The molecular formula is C13H14F2N4O. The van der Waals surface area contributed by atoms with Crippen LogP contribution in [0.1, 0.15) is 24.5 Å². The van der Waals surface area contributed by atoms with Gasteiger partial charge in [0.2, 0.25) is 0 Å². The van der Waals surface area contributed by atoms with Crippen LogP contribution >= 0.6 is 0 Å². The molecule has 0 saturated carbocycles. The Balaban J connectivity index is 1.77. The van der Waals surface area contributed by atoms with Crippen LogP contribution in [0.25, 0.3) is 0 Å². The van der Waals surface area contributed by atoms with E-state index in [0.29, 0.717) is 5.82 Å². The number of fused-ring (bicyclic) bond motifs is 1. The van der Waals surface area contributed by atoms with Gasteiger partial charge in [0, 0.05) is 25.1 Å². The lowest BCUT2D eigenvalue weighted by atomic mass is 10.2. The lowest BCUT2D eigenvalue weighted by Gasteiger charge is -2.15. The van der Waals surface area contributed by atoms with Crippen molar-refractivity contribution in [1.82, 2.24) is 14.8 Å². The van der Waals surface area contributed by atoms with Crippen molar-refractivity contribution in [2.45, 2.75) is 32.4 Å². The SMILES string of the molecule is Nc1cc(F)c(OCc2nnc3n2CCCC3)cc1F. The quantitative estimate of drug-likeness (QED) is 0.874. The van der Waals surface area contributed by atoms with Crippen molar-refractivity contribution in [2.24, 2.45) is 0 Å². The van der Waals surface area contributed by atoms with Crippen LogP contribution in [-0.2, 0) is 19.6 Å². The number of rotatable bonds is 3. The Bertz CT molecular complexity index is 642. The first-order valence-electron chi connectivity index (χ1n) is 6.43. The van der Waals surface area contributed by atoms with Crippen molar-refractivity contribution in [3.63, 3.8) is 0 Å². The van der Waals surface area contributed by atoms with E-state index in [2.05, 4.69) is 10.2 Å². The van der Waals surface area contributed by atoms with Crippen LogP contribution in [0, 0.1) is 11.6 Å². The first-order chi connectivity index (χ1) is 9.65. The Hall–Kier alpha value is -2.18. The molecule has 0 aliphatic carbocycles. The number of anilines is 1. The Morgan fingerprint density at radius 1 is 1.20 bits per heavy atom. The lowest BCUT2D eigenvalue weighted by Crippen LogP contribution is -2.14. The minimum Gasteiger partial charge on any atom is -0.482 e. The maximum atomic E-state index is 13.6. The molecule has 0 amide bonds. The van der Waals surface area contributed by atoms with Gasteiger partial charge in [0.05, 0.1) is 5.69 Å². The third-order valence-corrected chi connectivity index (χ3v) is 3.34. The second-order valence-electron chi connectivity index (χ2n) is 4.73. The molecule has 1 aliphatic heterocycles. The van der Waals surface area contributed by atoms with E-state index in [0.717, 1.165) is 43.8 Å². The van der Waals surface area contributed by atoms with Crippen LogP contribution in [-0.4, -0.2) is 14.8 Å².